The van der Waals surface area contributed by atoms with Gasteiger partial charge in [0.2, 0.25) is 0 Å². The van der Waals surface area contributed by atoms with Gasteiger partial charge in [-0.15, -0.1) is 0 Å². The molecule has 7 heteroatoms. The van der Waals surface area contributed by atoms with Gasteiger partial charge in [0.05, 0.1) is 13.2 Å². The molecule has 24 heavy (non-hydrogen) atoms. The molecule has 1 aromatic carbocycles. The molecular weight excluding hydrogens is 312 g/mol. The van der Waals surface area contributed by atoms with Crippen molar-refractivity contribution in [1.29, 1.82) is 0 Å². The summed E-state index contributed by atoms with van der Waals surface area (Å²) < 4.78 is 11.0. The Hall–Kier alpha value is -3.09. The first-order valence-corrected chi connectivity index (χ1v) is 7.49. The van der Waals surface area contributed by atoms with Gasteiger partial charge in [0.25, 0.3) is 11.8 Å². The van der Waals surface area contributed by atoms with Crippen LogP contribution in [0.25, 0.3) is 6.08 Å². The molecule has 0 saturated carbocycles. The Labute approximate surface area is 139 Å². The summed E-state index contributed by atoms with van der Waals surface area (Å²) >= 11 is 0. The van der Waals surface area contributed by atoms with E-state index >= 15 is 0 Å². The molecule has 0 aromatic heterocycles. The number of ether oxygens (including phenoxy) is 2. The lowest BCUT2D eigenvalue weighted by Gasteiger charge is -2.13. The number of hydrogen-bond donors (Lipinski definition) is 2. The lowest BCUT2D eigenvalue weighted by Crippen LogP contribution is -2.51. The predicted molar refractivity (Wildman–Crippen MR) is 87.6 cm³/mol. The maximum atomic E-state index is 11.6. The smallest absolute Gasteiger partial charge is 0.328 e. The Morgan fingerprint density at radius 1 is 0.958 bits per heavy atom. The SMILES string of the molecule is CCOc1ccc(/C=C/C=C2C(=O)NC(=O)NC2=O)cc1OCC. The van der Waals surface area contributed by atoms with Gasteiger partial charge in [0.1, 0.15) is 5.57 Å². The van der Waals surface area contributed by atoms with Gasteiger partial charge >= 0.3 is 6.03 Å². The van der Waals surface area contributed by atoms with Gasteiger partial charge in [0.15, 0.2) is 11.5 Å². The third-order valence-corrected chi connectivity index (χ3v) is 3.06. The topological polar surface area (TPSA) is 93.7 Å². The van der Waals surface area contributed by atoms with Crippen LogP contribution in [0.3, 0.4) is 0 Å². The number of imide groups is 2. The van der Waals surface area contributed by atoms with Crippen molar-refractivity contribution in [2.75, 3.05) is 13.2 Å². The van der Waals surface area contributed by atoms with Crippen LogP contribution in [0.1, 0.15) is 19.4 Å². The molecule has 2 rings (SSSR count). The monoisotopic (exact) mass is 330 g/mol. The zero-order valence-corrected chi connectivity index (χ0v) is 13.4. The highest BCUT2D eigenvalue weighted by atomic mass is 16.5. The maximum Gasteiger partial charge on any atom is 0.328 e. The molecular formula is C17H18N2O5. The third kappa shape index (κ3) is 4.22. The first-order valence-electron chi connectivity index (χ1n) is 7.49. The molecule has 0 unspecified atom stereocenters. The molecule has 0 bridgehead atoms. The number of carbonyl (C=O) groups is 3. The summed E-state index contributed by atoms with van der Waals surface area (Å²) in [6.07, 6.45) is 4.60. The van der Waals surface area contributed by atoms with Crippen molar-refractivity contribution in [2.45, 2.75) is 13.8 Å². The van der Waals surface area contributed by atoms with Crippen molar-refractivity contribution in [3.05, 3.63) is 41.5 Å². The van der Waals surface area contributed by atoms with Crippen molar-refractivity contribution < 1.29 is 23.9 Å². The number of rotatable bonds is 6. The van der Waals surface area contributed by atoms with Gasteiger partial charge < -0.3 is 9.47 Å². The number of urea groups is 1. The van der Waals surface area contributed by atoms with E-state index in [-0.39, 0.29) is 5.57 Å². The number of carbonyl (C=O) groups excluding carboxylic acids is 3. The van der Waals surface area contributed by atoms with E-state index in [4.69, 9.17) is 9.47 Å². The summed E-state index contributed by atoms with van der Waals surface area (Å²) in [7, 11) is 0. The van der Waals surface area contributed by atoms with Crippen LogP contribution in [0.2, 0.25) is 0 Å². The fraction of sp³-hybridized carbons (Fsp3) is 0.235. The van der Waals surface area contributed by atoms with E-state index < -0.39 is 17.8 Å². The highest BCUT2D eigenvalue weighted by molar-refractivity contribution is 6.29. The normalized spacial score (nSPS) is 14.4. The predicted octanol–water partition coefficient (Wildman–Crippen LogP) is 1.79. The van der Waals surface area contributed by atoms with Gasteiger partial charge in [0, 0.05) is 0 Å². The van der Waals surface area contributed by atoms with E-state index in [0.717, 1.165) is 5.56 Å². The minimum atomic E-state index is -0.820. The van der Waals surface area contributed by atoms with Gasteiger partial charge in [-0.25, -0.2) is 4.79 Å². The Balaban J connectivity index is 2.18. The van der Waals surface area contributed by atoms with Crippen molar-refractivity contribution in [2.24, 2.45) is 0 Å². The van der Waals surface area contributed by atoms with Crippen LogP contribution in [0.15, 0.2) is 35.9 Å². The molecule has 1 heterocycles. The van der Waals surface area contributed by atoms with Crippen LogP contribution in [-0.2, 0) is 9.59 Å². The minimum absolute atomic E-state index is 0.137. The summed E-state index contributed by atoms with van der Waals surface area (Å²) in [5.41, 5.74) is 0.674. The van der Waals surface area contributed by atoms with Crippen LogP contribution in [-0.4, -0.2) is 31.1 Å². The summed E-state index contributed by atoms with van der Waals surface area (Å²) in [5.74, 6) is -0.183. The van der Waals surface area contributed by atoms with Crippen LogP contribution in [0.5, 0.6) is 11.5 Å². The fourth-order valence-corrected chi connectivity index (χ4v) is 2.05. The van der Waals surface area contributed by atoms with E-state index in [1.807, 2.05) is 30.5 Å². The number of allylic oxidation sites excluding steroid dienone is 2. The van der Waals surface area contributed by atoms with Crippen LogP contribution in [0.4, 0.5) is 4.79 Å². The van der Waals surface area contributed by atoms with Crippen molar-refractivity contribution in [3.8, 4) is 11.5 Å². The van der Waals surface area contributed by atoms with E-state index in [1.54, 1.807) is 24.3 Å². The molecule has 1 saturated heterocycles. The molecule has 0 radical (unpaired) electrons. The number of nitrogens with one attached hydrogen (secondary N) is 2. The fourth-order valence-electron chi connectivity index (χ4n) is 2.05. The number of benzene rings is 1. The highest BCUT2D eigenvalue weighted by Crippen LogP contribution is 2.29. The molecule has 2 N–H and O–H groups in total. The molecule has 0 aliphatic carbocycles. The molecule has 7 nitrogen and oxygen atoms in total. The van der Waals surface area contributed by atoms with E-state index in [2.05, 4.69) is 0 Å². The quantitative estimate of drug-likeness (QED) is 0.613. The maximum absolute atomic E-state index is 11.6. The third-order valence-electron chi connectivity index (χ3n) is 3.06. The second-order valence-corrected chi connectivity index (χ2v) is 4.75. The molecule has 0 spiro atoms. The second-order valence-electron chi connectivity index (χ2n) is 4.75. The Kier molecular flexibility index (Phi) is 5.73. The van der Waals surface area contributed by atoms with E-state index in [9.17, 15) is 14.4 Å². The van der Waals surface area contributed by atoms with Gasteiger partial charge in [-0.2, -0.15) is 0 Å². The van der Waals surface area contributed by atoms with Crippen LogP contribution < -0.4 is 20.1 Å². The molecule has 1 aliphatic heterocycles. The average molecular weight is 330 g/mol. The molecule has 4 amide bonds. The number of amides is 4. The standard InChI is InChI=1S/C17H18N2O5/c1-3-23-13-9-8-11(10-14(13)24-4-2)6-5-7-12-15(20)18-17(22)19-16(12)21/h5-10H,3-4H2,1-2H3,(H2,18,19,20,21,22)/b6-5+. The summed E-state index contributed by atoms with van der Waals surface area (Å²) in [5, 5.41) is 4.01. The van der Waals surface area contributed by atoms with Gasteiger partial charge in [-0.1, -0.05) is 18.2 Å². The Bertz CT molecular complexity index is 700. The average Bonchev–Trinajstić information content (AvgIpc) is 2.52. The molecule has 1 aromatic rings. The minimum Gasteiger partial charge on any atom is -0.490 e. The number of barbiturate groups is 1. The van der Waals surface area contributed by atoms with Crippen LogP contribution >= 0.6 is 0 Å². The molecule has 0 atom stereocenters. The van der Waals surface area contributed by atoms with Crippen molar-refractivity contribution >= 4 is 23.9 Å². The van der Waals surface area contributed by atoms with Crippen molar-refractivity contribution in [1.82, 2.24) is 10.6 Å². The summed E-state index contributed by atoms with van der Waals surface area (Å²) in [4.78, 5) is 34.1. The van der Waals surface area contributed by atoms with Crippen molar-refractivity contribution in [3.63, 3.8) is 0 Å². The summed E-state index contributed by atoms with van der Waals surface area (Å²) in [6, 6.07) is 4.60. The first kappa shape index (κ1) is 17.3. The lowest BCUT2D eigenvalue weighted by molar-refractivity contribution is -0.124. The largest absolute Gasteiger partial charge is 0.490 e. The first-order chi connectivity index (χ1) is 11.5. The zero-order valence-electron chi connectivity index (χ0n) is 13.4. The van der Waals surface area contributed by atoms with E-state index in [1.165, 1.54) is 6.08 Å². The Morgan fingerprint density at radius 3 is 2.21 bits per heavy atom. The molecule has 126 valence electrons. The van der Waals surface area contributed by atoms with Crippen LogP contribution in [0, 0.1) is 0 Å². The Morgan fingerprint density at radius 2 is 1.58 bits per heavy atom. The second kappa shape index (κ2) is 7.96. The molecule has 1 aliphatic rings. The molecule has 1 fully saturated rings. The zero-order chi connectivity index (χ0) is 17.5. The lowest BCUT2D eigenvalue weighted by atomic mass is 10.1. The van der Waals surface area contributed by atoms with E-state index in [0.29, 0.717) is 24.7 Å². The van der Waals surface area contributed by atoms with Gasteiger partial charge in [-0.3, -0.25) is 20.2 Å². The summed E-state index contributed by atoms with van der Waals surface area (Å²) in [6.45, 7) is 4.81. The van der Waals surface area contributed by atoms with Gasteiger partial charge in [-0.05, 0) is 37.6 Å². The number of hydrogen-bond acceptors (Lipinski definition) is 5. The highest BCUT2D eigenvalue weighted by Gasteiger charge is 2.26.